The maximum absolute atomic E-state index is 9.01. The molecular weight excluding hydrogens is 178 g/mol. The van der Waals surface area contributed by atoms with Crippen molar-refractivity contribution in [2.75, 3.05) is 19.7 Å². The molecule has 82 valence electrons. The first kappa shape index (κ1) is 11.3. The number of aliphatic hydroxyl groups excluding tert-OH is 1. The SMILES string of the molecule is CCC(CO)NC1=NCC(C)(C)CN1. The lowest BCUT2D eigenvalue weighted by Crippen LogP contribution is -2.51. The number of aliphatic imine (C=N–C) groups is 1. The van der Waals surface area contributed by atoms with Crippen molar-refractivity contribution in [2.45, 2.75) is 33.2 Å². The quantitative estimate of drug-likeness (QED) is 0.614. The second kappa shape index (κ2) is 4.64. The van der Waals surface area contributed by atoms with Gasteiger partial charge in [-0.2, -0.15) is 0 Å². The highest BCUT2D eigenvalue weighted by Gasteiger charge is 2.22. The van der Waals surface area contributed by atoms with Crippen LogP contribution in [-0.2, 0) is 0 Å². The molecule has 0 aromatic rings. The maximum atomic E-state index is 9.01. The molecule has 0 saturated heterocycles. The minimum Gasteiger partial charge on any atom is -0.394 e. The Balaban J connectivity index is 2.44. The Morgan fingerprint density at radius 1 is 1.64 bits per heavy atom. The van der Waals surface area contributed by atoms with Crippen LogP contribution in [0.2, 0.25) is 0 Å². The monoisotopic (exact) mass is 199 g/mol. The van der Waals surface area contributed by atoms with E-state index in [9.17, 15) is 0 Å². The zero-order valence-corrected chi connectivity index (χ0v) is 9.30. The fourth-order valence-corrected chi connectivity index (χ4v) is 1.29. The summed E-state index contributed by atoms with van der Waals surface area (Å²) in [6.07, 6.45) is 0.903. The van der Waals surface area contributed by atoms with Crippen LogP contribution in [0.15, 0.2) is 4.99 Å². The fourth-order valence-electron chi connectivity index (χ4n) is 1.29. The molecule has 1 unspecified atom stereocenters. The van der Waals surface area contributed by atoms with Gasteiger partial charge in [0.15, 0.2) is 5.96 Å². The average molecular weight is 199 g/mol. The highest BCUT2D eigenvalue weighted by molar-refractivity contribution is 5.80. The zero-order chi connectivity index (χ0) is 10.6. The molecule has 4 nitrogen and oxygen atoms in total. The van der Waals surface area contributed by atoms with Crippen LogP contribution < -0.4 is 10.6 Å². The van der Waals surface area contributed by atoms with Crippen LogP contribution in [0.4, 0.5) is 0 Å². The smallest absolute Gasteiger partial charge is 0.191 e. The van der Waals surface area contributed by atoms with Gasteiger partial charge in [0.25, 0.3) is 0 Å². The molecule has 0 aliphatic carbocycles. The van der Waals surface area contributed by atoms with Crippen LogP contribution in [0.25, 0.3) is 0 Å². The first-order valence-electron chi connectivity index (χ1n) is 5.23. The third-order valence-corrected chi connectivity index (χ3v) is 2.45. The van der Waals surface area contributed by atoms with Crippen molar-refractivity contribution in [3.05, 3.63) is 0 Å². The third kappa shape index (κ3) is 3.18. The van der Waals surface area contributed by atoms with Crippen molar-refractivity contribution in [1.29, 1.82) is 0 Å². The summed E-state index contributed by atoms with van der Waals surface area (Å²) in [5.74, 6) is 0.824. The fraction of sp³-hybridized carbons (Fsp3) is 0.900. The number of guanidine groups is 1. The molecule has 0 saturated carbocycles. The molecule has 0 spiro atoms. The third-order valence-electron chi connectivity index (χ3n) is 2.45. The molecule has 1 rings (SSSR count). The minimum atomic E-state index is 0.113. The molecule has 0 aromatic heterocycles. The van der Waals surface area contributed by atoms with E-state index in [1.165, 1.54) is 0 Å². The average Bonchev–Trinajstić information content (AvgIpc) is 2.16. The highest BCUT2D eigenvalue weighted by atomic mass is 16.3. The first-order chi connectivity index (χ1) is 6.57. The molecule has 1 aliphatic heterocycles. The van der Waals surface area contributed by atoms with Crippen molar-refractivity contribution in [3.63, 3.8) is 0 Å². The van der Waals surface area contributed by atoms with Gasteiger partial charge in [-0.3, -0.25) is 4.99 Å². The lowest BCUT2D eigenvalue weighted by molar-refractivity contribution is 0.250. The summed E-state index contributed by atoms with van der Waals surface area (Å²) in [5, 5.41) is 15.4. The predicted octanol–water partition coefficient (Wildman–Crippen LogP) is 0.332. The maximum Gasteiger partial charge on any atom is 0.191 e. The van der Waals surface area contributed by atoms with Crippen molar-refractivity contribution in [1.82, 2.24) is 10.6 Å². The van der Waals surface area contributed by atoms with Gasteiger partial charge in [0.2, 0.25) is 0 Å². The van der Waals surface area contributed by atoms with Crippen LogP contribution in [0.5, 0.6) is 0 Å². The molecule has 0 aromatic carbocycles. The van der Waals surface area contributed by atoms with Crippen LogP contribution in [0.3, 0.4) is 0 Å². The molecule has 0 bridgehead atoms. The van der Waals surface area contributed by atoms with Gasteiger partial charge in [-0.1, -0.05) is 20.8 Å². The second-order valence-corrected chi connectivity index (χ2v) is 4.61. The molecule has 1 atom stereocenters. The van der Waals surface area contributed by atoms with E-state index in [0.29, 0.717) is 0 Å². The summed E-state index contributed by atoms with van der Waals surface area (Å²) < 4.78 is 0. The van der Waals surface area contributed by atoms with E-state index in [-0.39, 0.29) is 18.1 Å². The van der Waals surface area contributed by atoms with Gasteiger partial charge in [-0.05, 0) is 6.42 Å². The number of hydrogen-bond donors (Lipinski definition) is 3. The van der Waals surface area contributed by atoms with Gasteiger partial charge >= 0.3 is 0 Å². The number of rotatable bonds is 3. The molecule has 0 fully saturated rings. The molecule has 4 heteroatoms. The highest BCUT2D eigenvalue weighted by Crippen LogP contribution is 2.16. The van der Waals surface area contributed by atoms with Crippen molar-refractivity contribution in [2.24, 2.45) is 10.4 Å². The Kier molecular flexibility index (Phi) is 3.75. The van der Waals surface area contributed by atoms with E-state index in [1.54, 1.807) is 0 Å². The van der Waals surface area contributed by atoms with E-state index in [1.807, 2.05) is 6.92 Å². The molecule has 1 aliphatic rings. The van der Waals surface area contributed by atoms with Crippen LogP contribution >= 0.6 is 0 Å². The van der Waals surface area contributed by atoms with Gasteiger partial charge in [0.05, 0.1) is 12.6 Å². The Morgan fingerprint density at radius 3 is 2.79 bits per heavy atom. The van der Waals surface area contributed by atoms with E-state index in [0.717, 1.165) is 25.5 Å². The van der Waals surface area contributed by atoms with Gasteiger partial charge in [0, 0.05) is 18.5 Å². The molecule has 0 amide bonds. The Morgan fingerprint density at radius 2 is 2.36 bits per heavy atom. The largest absolute Gasteiger partial charge is 0.394 e. The normalized spacial score (nSPS) is 22.1. The summed E-state index contributed by atoms with van der Waals surface area (Å²) >= 11 is 0. The summed E-state index contributed by atoms with van der Waals surface area (Å²) in [6, 6.07) is 0.113. The lowest BCUT2D eigenvalue weighted by Gasteiger charge is -2.30. The Labute approximate surface area is 85.8 Å². The van der Waals surface area contributed by atoms with Crippen LogP contribution in [0, 0.1) is 5.41 Å². The summed E-state index contributed by atoms with van der Waals surface area (Å²) in [6.45, 7) is 8.33. The summed E-state index contributed by atoms with van der Waals surface area (Å²) in [7, 11) is 0. The van der Waals surface area contributed by atoms with Crippen molar-refractivity contribution >= 4 is 5.96 Å². The zero-order valence-electron chi connectivity index (χ0n) is 9.30. The number of nitrogens with one attached hydrogen (secondary N) is 2. The van der Waals surface area contributed by atoms with E-state index >= 15 is 0 Å². The number of nitrogens with zero attached hydrogens (tertiary/aromatic N) is 1. The summed E-state index contributed by atoms with van der Waals surface area (Å²) in [5.41, 5.74) is 0.242. The van der Waals surface area contributed by atoms with E-state index in [4.69, 9.17) is 5.11 Å². The molecular formula is C10H21N3O. The predicted molar refractivity (Wildman–Crippen MR) is 58.4 cm³/mol. The molecule has 1 heterocycles. The topological polar surface area (TPSA) is 56.6 Å². The van der Waals surface area contributed by atoms with Gasteiger partial charge in [-0.15, -0.1) is 0 Å². The van der Waals surface area contributed by atoms with Crippen LogP contribution in [-0.4, -0.2) is 36.8 Å². The lowest BCUT2D eigenvalue weighted by atomic mass is 9.93. The first-order valence-corrected chi connectivity index (χ1v) is 5.23. The van der Waals surface area contributed by atoms with Crippen LogP contribution in [0.1, 0.15) is 27.2 Å². The van der Waals surface area contributed by atoms with E-state index in [2.05, 4.69) is 29.5 Å². The standard InChI is InChI=1S/C10H21N3O/c1-4-8(5-14)13-9-11-6-10(2,3)7-12-9/h8,14H,4-7H2,1-3H3,(H2,11,12,13). The van der Waals surface area contributed by atoms with Gasteiger partial charge in [-0.25, -0.2) is 0 Å². The molecule has 14 heavy (non-hydrogen) atoms. The number of aliphatic hydroxyl groups is 1. The van der Waals surface area contributed by atoms with Gasteiger partial charge < -0.3 is 15.7 Å². The van der Waals surface area contributed by atoms with E-state index < -0.39 is 0 Å². The Bertz CT molecular complexity index is 209. The molecule has 0 radical (unpaired) electrons. The number of hydrogen-bond acceptors (Lipinski definition) is 4. The van der Waals surface area contributed by atoms with Crippen molar-refractivity contribution in [3.8, 4) is 0 Å². The Hall–Kier alpha value is -0.770. The van der Waals surface area contributed by atoms with Gasteiger partial charge in [0.1, 0.15) is 0 Å². The van der Waals surface area contributed by atoms with Crippen molar-refractivity contribution < 1.29 is 5.11 Å². The second-order valence-electron chi connectivity index (χ2n) is 4.61. The minimum absolute atomic E-state index is 0.113. The molecule has 3 N–H and O–H groups in total. The summed E-state index contributed by atoms with van der Waals surface area (Å²) in [4.78, 5) is 4.40.